The maximum atomic E-state index is 10.3. The van der Waals surface area contributed by atoms with Crippen LogP contribution in [0.3, 0.4) is 0 Å². The Morgan fingerprint density at radius 3 is 2.80 bits per heavy atom. The lowest BCUT2D eigenvalue weighted by Crippen LogP contribution is -2.28. The summed E-state index contributed by atoms with van der Waals surface area (Å²) in [5.74, 6) is -0.0288. The van der Waals surface area contributed by atoms with Crippen molar-refractivity contribution in [2.45, 2.75) is 39.2 Å². The van der Waals surface area contributed by atoms with Crippen molar-refractivity contribution in [3.63, 3.8) is 0 Å². The molecule has 3 heteroatoms. The van der Waals surface area contributed by atoms with E-state index in [0.717, 1.165) is 18.9 Å². The normalized spacial score (nSPS) is 23.0. The lowest BCUT2D eigenvalue weighted by Gasteiger charge is -2.19. The van der Waals surface area contributed by atoms with E-state index >= 15 is 0 Å². The van der Waals surface area contributed by atoms with Gasteiger partial charge in [0.25, 0.3) is 0 Å². The smallest absolute Gasteiger partial charge is 0.307 e. The molecule has 1 atom stereocenters. The standard InChI is InChI=1S/C12H21NO2/c1-10(2)13-8-7-11(9-13)5-3-4-6-12(14)15/h3-4,10-11H,5-9H2,1-2H3,(H,14,15)/b4-3-. The van der Waals surface area contributed by atoms with Gasteiger partial charge in [0.1, 0.15) is 0 Å². The monoisotopic (exact) mass is 211 g/mol. The summed E-state index contributed by atoms with van der Waals surface area (Å²) in [6, 6.07) is 0.637. The molecule has 0 saturated carbocycles. The van der Waals surface area contributed by atoms with Crippen molar-refractivity contribution in [2.75, 3.05) is 13.1 Å². The molecule has 15 heavy (non-hydrogen) atoms. The molecule has 0 aromatic heterocycles. The van der Waals surface area contributed by atoms with Crippen LogP contribution in [0.4, 0.5) is 0 Å². The third kappa shape index (κ3) is 4.47. The third-order valence-corrected chi connectivity index (χ3v) is 2.98. The number of carboxylic acid groups (broad SMARTS) is 1. The van der Waals surface area contributed by atoms with Gasteiger partial charge in [0.15, 0.2) is 0 Å². The molecule has 0 aliphatic carbocycles. The Hall–Kier alpha value is -0.830. The molecular formula is C12H21NO2. The van der Waals surface area contributed by atoms with Gasteiger partial charge in [0.05, 0.1) is 6.42 Å². The second-order valence-corrected chi connectivity index (χ2v) is 4.55. The van der Waals surface area contributed by atoms with Crippen molar-refractivity contribution in [3.05, 3.63) is 12.2 Å². The summed E-state index contributed by atoms with van der Waals surface area (Å²) in [5.41, 5.74) is 0. The lowest BCUT2D eigenvalue weighted by molar-refractivity contribution is -0.136. The van der Waals surface area contributed by atoms with Gasteiger partial charge in [-0.05, 0) is 39.2 Å². The molecule has 3 nitrogen and oxygen atoms in total. The molecule has 0 radical (unpaired) electrons. The molecule has 0 aromatic rings. The maximum absolute atomic E-state index is 10.3. The van der Waals surface area contributed by atoms with Crippen LogP contribution in [0.25, 0.3) is 0 Å². The van der Waals surface area contributed by atoms with E-state index in [-0.39, 0.29) is 6.42 Å². The fourth-order valence-electron chi connectivity index (χ4n) is 2.00. The second kappa shape index (κ2) is 5.91. The van der Waals surface area contributed by atoms with Gasteiger partial charge in [0, 0.05) is 12.6 Å². The predicted molar refractivity (Wildman–Crippen MR) is 60.8 cm³/mol. The highest BCUT2D eigenvalue weighted by Gasteiger charge is 2.22. The van der Waals surface area contributed by atoms with E-state index in [0.29, 0.717) is 6.04 Å². The molecule has 1 fully saturated rings. The van der Waals surface area contributed by atoms with Crippen molar-refractivity contribution in [1.82, 2.24) is 4.90 Å². The number of carbonyl (C=O) groups is 1. The molecule has 1 aliphatic rings. The Labute approximate surface area is 91.8 Å². The van der Waals surface area contributed by atoms with Gasteiger partial charge >= 0.3 is 5.97 Å². The SMILES string of the molecule is CC(C)N1CCC(C/C=C\CC(=O)O)C1. The molecule has 1 saturated heterocycles. The van der Waals surface area contributed by atoms with E-state index < -0.39 is 5.97 Å². The summed E-state index contributed by atoms with van der Waals surface area (Å²) < 4.78 is 0. The largest absolute Gasteiger partial charge is 0.481 e. The van der Waals surface area contributed by atoms with Crippen molar-refractivity contribution in [2.24, 2.45) is 5.92 Å². The van der Waals surface area contributed by atoms with Crippen LogP contribution in [0, 0.1) is 5.92 Å². The molecule has 0 amide bonds. The summed E-state index contributed by atoms with van der Waals surface area (Å²) in [6.07, 6.45) is 6.20. The highest BCUT2D eigenvalue weighted by Crippen LogP contribution is 2.21. The van der Waals surface area contributed by atoms with Crippen molar-refractivity contribution in [3.8, 4) is 0 Å². The molecule has 0 bridgehead atoms. The first-order chi connectivity index (χ1) is 7.09. The number of likely N-dealkylation sites (tertiary alicyclic amines) is 1. The molecule has 1 heterocycles. The van der Waals surface area contributed by atoms with Gasteiger partial charge in [-0.1, -0.05) is 12.2 Å². The second-order valence-electron chi connectivity index (χ2n) is 4.55. The molecule has 86 valence electrons. The number of hydrogen-bond donors (Lipinski definition) is 1. The molecule has 0 aromatic carbocycles. The topological polar surface area (TPSA) is 40.5 Å². The Kier molecular flexibility index (Phi) is 4.82. The van der Waals surface area contributed by atoms with E-state index in [9.17, 15) is 4.79 Å². The average molecular weight is 211 g/mol. The number of nitrogens with zero attached hydrogens (tertiary/aromatic N) is 1. The van der Waals surface area contributed by atoms with E-state index in [4.69, 9.17) is 5.11 Å². The van der Waals surface area contributed by atoms with Crippen LogP contribution in [-0.4, -0.2) is 35.1 Å². The average Bonchev–Trinajstić information content (AvgIpc) is 2.60. The summed E-state index contributed by atoms with van der Waals surface area (Å²) in [6.45, 7) is 6.80. The van der Waals surface area contributed by atoms with Gasteiger partial charge < -0.3 is 10.0 Å². The van der Waals surface area contributed by atoms with Gasteiger partial charge in [0.2, 0.25) is 0 Å². The van der Waals surface area contributed by atoms with Crippen LogP contribution in [0.15, 0.2) is 12.2 Å². The predicted octanol–water partition coefficient (Wildman–Crippen LogP) is 2.14. The van der Waals surface area contributed by atoms with E-state index in [2.05, 4.69) is 18.7 Å². The minimum Gasteiger partial charge on any atom is -0.481 e. The van der Waals surface area contributed by atoms with Crippen LogP contribution in [-0.2, 0) is 4.79 Å². The number of hydrogen-bond acceptors (Lipinski definition) is 2. The third-order valence-electron chi connectivity index (χ3n) is 2.98. The van der Waals surface area contributed by atoms with Crippen LogP contribution in [0.5, 0.6) is 0 Å². The summed E-state index contributed by atoms with van der Waals surface area (Å²) in [7, 11) is 0. The first-order valence-corrected chi connectivity index (χ1v) is 5.70. The van der Waals surface area contributed by atoms with Crippen molar-refractivity contribution >= 4 is 5.97 Å². The lowest BCUT2D eigenvalue weighted by atomic mass is 10.0. The fraction of sp³-hybridized carbons (Fsp3) is 0.750. The first kappa shape index (κ1) is 12.2. The van der Waals surface area contributed by atoms with Gasteiger partial charge in [-0.3, -0.25) is 4.79 Å². The van der Waals surface area contributed by atoms with Crippen LogP contribution in [0.1, 0.15) is 33.1 Å². The van der Waals surface area contributed by atoms with Crippen molar-refractivity contribution < 1.29 is 9.90 Å². The Bertz CT molecular complexity index is 236. The number of aliphatic carboxylic acids is 1. The number of allylic oxidation sites excluding steroid dienone is 1. The molecule has 0 spiro atoms. The highest BCUT2D eigenvalue weighted by molar-refractivity contribution is 5.68. The summed E-state index contributed by atoms with van der Waals surface area (Å²) in [4.78, 5) is 12.8. The van der Waals surface area contributed by atoms with E-state index in [1.165, 1.54) is 13.0 Å². The zero-order chi connectivity index (χ0) is 11.3. The van der Waals surface area contributed by atoms with Crippen LogP contribution < -0.4 is 0 Å². The Morgan fingerprint density at radius 1 is 1.53 bits per heavy atom. The van der Waals surface area contributed by atoms with Gasteiger partial charge in [-0.25, -0.2) is 0 Å². The zero-order valence-corrected chi connectivity index (χ0v) is 9.65. The minimum absolute atomic E-state index is 0.153. The highest BCUT2D eigenvalue weighted by atomic mass is 16.4. The summed E-state index contributed by atoms with van der Waals surface area (Å²) >= 11 is 0. The van der Waals surface area contributed by atoms with Gasteiger partial charge in [-0.2, -0.15) is 0 Å². The van der Waals surface area contributed by atoms with Gasteiger partial charge in [-0.15, -0.1) is 0 Å². The van der Waals surface area contributed by atoms with Crippen molar-refractivity contribution in [1.29, 1.82) is 0 Å². The Morgan fingerprint density at radius 2 is 2.27 bits per heavy atom. The molecule has 1 rings (SSSR count). The molecule has 1 N–H and O–H groups in total. The van der Waals surface area contributed by atoms with E-state index in [1.807, 2.05) is 6.08 Å². The Balaban J connectivity index is 2.19. The maximum Gasteiger partial charge on any atom is 0.307 e. The van der Waals surface area contributed by atoms with E-state index in [1.54, 1.807) is 6.08 Å². The summed E-state index contributed by atoms with van der Waals surface area (Å²) in [5, 5.41) is 8.46. The number of carboxylic acids is 1. The number of rotatable bonds is 5. The first-order valence-electron chi connectivity index (χ1n) is 5.70. The minimum atomic E-state index is -0.749. The zero-order valence-electron chi connectivity index (χ0n) is 9.65. The molecule has 1 unspecified atom stereocenters. The molecule has 1 aliphatic heterocycles. The quantitative estimate of drug-likeness (QED) is 0.708. The van der Waals surface area contributed by atoms with Crippen LogP contribution in [0.2, 0.25) is 0 Å². The molecular weight excluding hydrogens is 190 g/mol. The van der Waals surface area contributed by atoms with Crippen LogP contribution >= 0.6 is 0 Å². The fourth-order valence-corrected chi connectivity index (χ4v) is 2.00.